The number of hydrogen-bond donors (Lipinski definition) is 2. The van der Waals surface area contributed by atoms with E-state index in [2.05, 4.69) is 83.0 Å². The van der Waals surface area contributed by atoms with Gasteiger partial charge in [-0.05, 0) is 47.4 Å². The molecule has 168 valence electrons. The molecule has 0 spiro atoms. The van der Waals surface area contributed by atoms with Crippen molar-refractivity contribution in [3.8, 4) is 0 Å². The third-order valence-corrected chi connectivity index (χ3v) is 5.86. The summed E-state index contributed by atoms with van der Waals surface area (Å²) in [5.41, 5.74) is 5.91. The van der Waals surface area contributed by atoms with Gasteiger partial charge >= 0.3 is 0 Å². The van der Waals surface area contributed by atoms with Gasteiger partial charge in [-0.25, -0.2) is 0 Å². The number of anilines is 1. The minimum atomic E-state index is -0.545. The van der Waals surface area contributed by atoms with Crippen molar-refractivity contribution in [3.05, 3.63) is 138 Å². The van der Waals surface area contributed by atoms with Crippen molar-refractivity contribution in [2.24, 2.45) is 0 Å². The quantitative estimate of drug-likeness (QED) is 0.294. The molecule has 2 N–H and O–H groups in total. The van der Waals surface area contributed by atoms with E-state index in [-0.39, 0.29) is 0 Å². The minimum absolute atomic E-state index is 0.539. The van der Waals surface area contributed by atoms with Gasteiger partial charge in [0, 0.05) is 25.3 Å². The summed E-state index contributed by atoms with van der Waals surface area (Å²) in [5.74, 6) is 0. The Morgan fingerprint density at radius 3 is 1.85 bits per heavy atom. The second kappa shape index (κ2) is 12.0. The predicted octanol–water partition coefficient (Wildman–Crippen LogP) is 5.76. The van der Waals surface area contributed by atoms with E-state index in [0.29, 0.717) is 6.54 Å². The molecule has 0 fully saturated rings. The topological polar surface area (TPSA) is 35.5 Å². The summed E-state index contributed by atoms with van der Waals surface area (Å²) in [5, 5.41) is 14.4. The summed E-state index contributed by atoms with van der Waals surface area (Å²) < 4.78 is 0. The molecule has 4 aromatic carbocycles. The number of rotatable bonds is 11. The fourth-order valence-electron chi connectivity index (χ4n) is 3.99. The molecule has 0 radical (unpaired) electrons. The zero-order valence-electron chi connectivity index (χ0n) is 19.0. The molecule has 1 atom stereocenters. The molecule has 0 aromatic heterocycles. The summed E-state index contributed by atoms with van der Waals surface area (Å²) in [6.45, 7) is 3.12. The van der Waals surface area contributed by atoms with E-state index in [1.165, 1.54) is 16.7 Å². The number of benzene rings is 4. The van der Waals surface area contributed by atoms with Crippen LogP contribution in [0.2, 0.25) is 0 Å². The van der Waals surface area contributed by atoms with E-state index in [1.54, 1.807) is 0 Å². The van der Waals surface area contributed by atoms with Crippen molar-refractivity contribution in [1.82, 2.24) is 5.32 Å². The first-order valence-electron chi connectivity index (χ1n) is 11.6. The largest absolute Gasteiger partial charge is 0.387 e. The smallest absolute Gasteiger partial charge is 0.0964 e. The Morgan fingerprint density at radius 2 is 1.21 bits per heavy atom. The Hall–Kier alpha value is -3.40. The van der Waals surface area contributed by atoms with Crippen molar-refractivity contribution in [1.29, 1.82) is 0 Å². The standard InChI is InChI=1S/C30H32N2O/c33-30(28-14-8-3-9-15-28)24-32(23-27-12-6-2-7-13-27)29-18-16-25(17-19-29)20-21-31-22-26-10-4-1-5-11-26/h1-19,30-31,33H,20-24H2. The molecule has 4 aromatic rings. The summed E-state index contributed by atoms with van der Waals surface area (Å²) in [7, 11) is 0. The van der Waals surface area contributed by atoms with Crippen LogP contribution < -0.4 is 10.2 Å². The molecule has 0 amide bonds. The van der Waals surface area contributed by atoms with Crippen LogP contribution in [0.4, 0.5) is 5.69 Å². The normalized spacial score (nSPS) is 11.8. The molecule has 0 aliphatic carbocycles. The highest BCUT2D eigenvalue weighted by Gasteiger charge is 2.15. The molecule has 1 unspecified atom stereocenters. The number of aliphatic hydroxyl groups excluding tert-OH is 1. The molecular formula is C30H32N2O. The van der Waals surface area contributed by atoms with Crippen molar-refractivity contribution >= 4 is 5.69 Å². The van der Waals surface area contributed by atoms with Gasteiger partial charge in [0.2, 0.25) is 0 Å². The van der Waals surface area contributed by atoms with E-state index in [1.807, 2.05) is 42.5 Å². The van der Waals surface area contributed by atoms with Gasteiger partial charge in [0.15, 0.2) is 0 Å². The first kappa shape index (κ1) is 22.8. The third-order valence-electron chi connectivity index (χ3n) is 5.86. The molecule has 0 aliphatic rings. The Morgan fingerprint density at radius 1 is 0.636 bits per heavy atom. The van der Waals surface area contributed by atoms with Crippen LogP contribution in [-0.2, 0) is 19.5 Å². The zero-order valence-corrected chi connectivity index (χ0v) is 19.0. The molecule has 0 saturated carbocycles. The van der Waals surface area contributed by atoms with E-state index < -0.39 is 6.10 Å². The zero-order chi connectivity index (χ0) is 22.7. The van der Waals surface area contributed by atoms with Gasteiger partial charge in [-0.15, -0.1) is 0 Å². The minimum Gasteiger partial charge on any atom is -0.387 e. The first-order valence-corrected chi connectivity index (χ1v) is 11.6. The summed E-state index contributed by atoms with van der Waals surface area (Å²) in [6.07, 6.45) is 0.440. The predicted molar refractivity (Wildman–Crippen MR) is 137 cm³/mol. The fraction of sp³-hybridized carbons (Fsp3) is 0.200. The van der Waals surface area contributed by atoms with Crippen LogP contribution in [0.5, 0.6) is 0 Å². The van der Waals surface area contributed by atoms with Crippen molar-refractivity contribution in [2.45, 2.75) is 25.6 Å². The van der Waals surface area contributed by atoms with Gasteiger partial charge < -0.3 is 15.3 Å². The maximum atomic E-state index is 10.9. The SMILES string of the molecule is OC(CN(Cc1ccccc1)c1ccc(CCNCc2ccccc2)cc1)c1ccccc1. The van der Waals surface area contributed by atoms with Crippen molar-refractivity contribution in [2.75, 3.05) is 18.0 Å². The van der Waals surface area contributed by atoms with Gasteiger partial charge in [-0.2, -0.15) is 0 Å². The Labute approximate surface area is 197 Å². The van der Waals surface area contributed by atoms with Gasteiger partial charge in [-0.3, -0.25) is 0 Å². The Kier molecular flexibility index (Phi) is 8.29. The van der Waals surface area contributed by atoms with Crippen LogP contribution in [0.25, 0.3) is 0 Å². The highest BCUT2D eigenvalue weighted by atomic mass is 16.3. The number of nitrogens with one attached hydrogen (secondary N) is 1. The lowest BCUT2D eigenvalue weighted by Gasteiger charge is -2.28. The molecule has 0 heterocycles. The molecule has 0 saturated heterocycles. The van der Waals surface area contributed by atoms with Gasteiger partial charge in [0.1, 0.15) is 0 Å². The van der Waals surface area contributed by atoms with E-state index in [4.69, 9.17) is 0 Å². The molecule has 33 heavy (non-hydrogen) atoms. The van der Waals surface area contributed by atoms with Crippen LogP contribution in [0.15, 0.2) is 115 Å². The molecule has 0 aliphatic heterocycles. The molecule has 0 bridgehead atoms. The fourth-order valence-corrected chi connectivity index (χ4v) is 3.99. The van der Waals surface area contributed by atoms with Crippen LogP contribution in [0.1, 0.15) is 28.4 Å². The van der Waals surface area contributed by atoms with Crippen LogP contribution in [-0.4, -0.2) is 18.2 Å². The van der Waals surface area contributed by atoms with E-state index in [9.17, 15) is 5.11 Å². The lowest BCUT2D eigenvalue weighted by Crippen LogP contribution is -2.28. The lowest BCUT2D eigenvalue weighted by molar-refractivity contribution is 0.183. The second-order valence-corrected chi connectivity index (χ2v) is 8.37. The maximum Gasteiger partial charge on any atom is 0.0964 e. The van der Waals surface area contributed by atoms with E-state index >= 15 is 0 Å². The van der Waals surface area contributed by atoms with Crippen LogP contribution >= 0.6 is 0 Å². The number of nitrogens with zero attached hydrogens (tertiary/aromatic N) is 1. The highest BCUT2D eigenvalue weighted by molar-refractivity contribution is 5.49. The maximum absolute atomic E-state index is 10.9. The van der Waals surface area contributed by atoms with Crippen LogP contribution in [0, 0.1) is 0 Å². The first-order chi connectivity index (χ1) is 16.3. The van der Waals surface area contributed by atoms with Gasteiger partial charge in [0.25, 0.3) is 0 Å². The average Bonchev–Trinajstić information content (AvgIpc) is 2.88. The lowest BCUT2D eigenvalue weighted by atomic mass is 10.1. The van der Waals surface area contributed by atoms with Crippen molar-refractivity contribution in [3.63, 3.8) is 0 Å². The molecular weight excluding hydrogens is 404 g/mol. The average molecular weight is 437 g/mol. The number of aliphatic hydroxyl groups is 1. The van der Waals surface area contributed by atoms with Crippen molar-refractivity contribution < 1.29 is 5.11 Å². The summed E-state index contributed by atoms with van der Waals surface area (Å²) in [4.78, 5) is 2.25. The van der Waals surface area contributed by atoms with Gasteiger partial charge in [0.05, 0.1) is 6.10 Å². The summed E-state index contributed by atoms with van der Waals surface area (Å²) >= 11 is 0. The van der Waals surface area contributed by atoms with Gasteiger partial charge in [-0.1, -0.05) is 103 Å². The van der Waals surface area contributed by atoms with Crippen LogP contribution in [0.3, 0.4) is 0 Å². The summed E-state index contributed by atoms with van der Waals surface area (Å²) in [6, 6.07) is 39.6. The number of hydrogen-bond acceptors (Lipinski definition) is 3. The molecule has 4 rings (SSSR count). The highest BCUT2D eigenvalue weighted by Crippen LogP contribution is 2.23. The Bertz CT molecular complexity index is 1070. The monoisotopic (exact) mass is 436 g/mol. The molecule has 3 nitrogen and oxygen atoms in total. The second-order valence-electron chi connectivity index (χ2n) is 8.37. The Balaban J connectivity index is 1.39. The third kappa shape index (κ3) is 7.04. The molecule has 3 heteroatoms. The van der Waals surface area contributed by atoms with E-state index in [0.717, 1.165) is 37.3 Å².